The van der Waals surface area contributed by atoms with Crippen LogP contribution in [0.5, 0.6) is 0 Å². The lowest BCUT2D eigenvalue weighted by molar-refractivity contribution is -0.384. The first-order valence-corrected chi connectivity index (χ1v) is 7.82. The summed E-state index contributed by atoms with van der Waals surface area (Å²) in [6.07, 6.45) is 0. The molecule has 0 unspecified atom stereocenters. The molecular weight excluding hydrogens is 336 g/mol. The number of hydrogen-bond donors (Lipinski definition) is 2. The number of rotatable bonds is 6. The number of nitro groups is 1. The number of carbonyl (C=O) groups excluding carboxylic acids is 1. The molecule has 1 aromatic heterocycles. The van der Waals surface area contributed by atoms with E-state index in [1.807, 2.05) is 6.07 Å². The number of fused-ring (bicyclic) bond motifs is 1. The van der Waals surface area contributed by atoms with Crippen molar-refractivity contribution in [2.24, 2.45) is 5.73 Å². The number of nitrogens with zero attached hydrogens (tertiary/aromatic N) is 2. The van der Waals surface area contributed by atoms with Crippen molar-refractivity contribution in [1.82, 2.24) is 4.98 Å². The molecule has 0 bridgehead atoms. The SMILES string of the molecule is NC(=O)CN(Cc1cccc([N+](=O)[O-])c1)c1ccc2ccc(=O)[nH]c2c1. The second-order valence-electron chi connectivity index (χ2n) is 5.84. The van der Waals surface area contributed by atoms with Gasteiger partial charge < -0.3 is 15.6 Å². The highest BCUT2D eigenvalue weighted by Gasteiger charge is 2.13. The summed E-state index contributed by atoms with van der Waals surface area (Å²) < 4.78 is 0. The molecule has 0 saturated heterocycles. The van der Waals surface area contributed by atoms with Crippen molar-refractivity contribution in [3.63, 3.8) is 0 Å². The van der Waals surface area contributed by atoms with E-state index < -0.39 is 10.8 Å². The van der Waals surface area contributed by atoms with Crippen LogP contribution in [0.2, 0.25) is 0 Å². The van der Waals surface area contributed by atoms with E-state index in [2.05, 4.69) is 4.98 Å². The maximum absolute atomic E-state index is 11.5. The lowest BCUT2D eigenvalue weighted by Gasteiger charge is -2.23. The molecule has 0 fully saturated rings. The molecule has 132 valence electrons. The second-order valence-corrected chi connectivity index (χ2v) is 5.84. The number of nitro benzene ring substituents is 1. The Kier molecular flexibility index (Phi) is 4.66. The number of amides is 1. The van der Waals surface area contributed by atoms with E-state index in [-0.39, 0.29) is 24.3 Å². The number of carbonyl (C=O) groups is 1. The molecule has 3 rings (SSSR count). The zero-order chi connectivity index (χ0) is 18.7. The molecule has 0 aliphatic heterocycles. The molecule has 0 aliphatic rings. The molecule has 0 aliphatic carbocycles. The summed E-state index contributed by atoms with van der Waals surface area (Å²) >= 11 is 0. The summed E-state index contributed by atoms with van der Waals surface area (Å²) in [6.45, 7) is 0.193. The summed E-state index contributed by atoms with van der Waals surface area (Å²) in [5.74, 6) is -0.530. The molecule has 26 heavy (non-hydrogen) atoms. The van der Waals surface area contributed by atoms with Gasteiger partial charge >= 0.3 is 0 Å². The van der Waals surface area contributed by atoms with Gasteiger partial charge in [-0.05, 0) is 29.1 Å². The zero-order valence-corrected chi connectivity index (χ0v) is 13.7. The van der Waals surface area contributed by atoms with Crippen molar-refractivity contribution in [2.75, 3.05) is 11.4 Å². The number of pyridine rings is 1. The first kappa shape index (κ1) is 17.2. The average molecular weight is 352 g/mol. The van der Waals surface area contributed by atoms with Crippen molar-refractivity contribution in [3.05, 3.63) is 80.6 Å². The normalized spacial score (nSPS) is 10.6. The Hall–Kier alpha value is -3.68. The van der Waals surface area contributed by atoms with Gasteiger partial charge in [0.05, 0.1) is 17.0 Å². The molecule has 0 radical (unpaired) electrons. The highest BCUT2D eigenvalue weighted by atomic mass is 16.6. The van der Waals surface area contributed by atoms with Gasteiger partial charge in [-0.15, -0.1) is 0 Å². The molecule has 1 heterocycles. The molecule has 8 heteroatoms. The Balaban J connectivity index is 1.98. The number of non-ortho nitro benzene ring substituents is 1. The fourth-order valence-electron chi connectivity index (χ4n) is 2.75. The lowest BCUT2D eigenvalue weighted by atomic mass is 10.1. The molecule has 3 N–H and O–H groups in total. The van der Waals surface area contributed by atoms with Gasteiger partial charge in [-0.2, -0.15) is 0 Å². The van der Waals surface area contributed by atoms with Crippen LogP contribution in [-0.4, -0.2) is 22.4 Å². The van der Waals surface area contributed by atoms with Crippen LogP contribution < -0.4 is 16.2 Å². The smallest absolute Gasteiger partial charge is 0.269 e. The summed E-state index contributed by atoms with van der Waals surface area (Å²) in [6, 6.07) is 14.7. The van der Waals surface area contributed by atoms with Gasteiger partial charge in [-0.1, -0.05) is 18.2 Å². The third-order valence-corrected chi connectivity index (χ3v) is 3.92. The van der Waals surface area contributed by atoms with Gasteiger partial charge in [0, 0.05) is 30.4 Å². The van der Waals surface area contributed by atoms with Gasteiger partial charge in [0.1, 0.15) is 0 Å². The quantitative estimate of drug-likeness (QED) is 0.518. The molecule has 0 spiro atoms. The predicted octanol–water partition coefficient (Wildman–Crippen LogP) is 1.93. The summed E-state index contributed by atoms with van der Waals surface area (Å²) in [7, 11) is 0. The van der Waals surface area contributed by atoms with Crippen molar-refractivity contribution in [3.8, 4) is 0 Å². The monoisotopic (exact) mass is 352 g/mol. The summed E-state index contributed by atoms with van der Waals surface area (Å²) in [5, 5.41) is 11.8. The van der Waals surface area contributed by atoms with Crippen LogP contribution in [0.25, 0.3) is 10.9 Å². The van der Waals surface area contributed by atoms with E-state index in [1.165, 1.54) is 18.2 Å². The standard InChI is InChI=1S/C18H16N4O4/c19-17(23)11-21(10-12-2-1-3-15(8-12)22(25)26)14-6-4-13-5-7-18(24)20-16(13)9-14/h1-9H,10-11H2,(H2,19,23)(H,20,24). The molecule has 1 amide bonds. The molecule has 8 nitrogen and oxygen atoms in total. The first-order valence-electron chi connectivity index (χ1n) is 7.82. The van der Waals surface area contributed by atoms with Crippen LogP contribution in [0, 0.1) is 10.1 Å². The van der Waals surface area contributed by atoms with E-state index >= 15 is 0 Å². The van der Waals surface area contributed by atoms with Crippen molar-refractivity contribution < 1.29 is 9.72 Å². The number of H-pyrrole nitrogens is 1. The zero-order valence-electron chi connectivity index (χ0n) is 13.7. The van der Waals surface area contributed by atoms with Crippen LogP contribution in [0.3, 0.4) is 0 Å². The van der Waals surface area contributed by atoms with Gasteiger partial charge in [-0.25, -0.2) is 0 Å². The maximum Gasteiger partial charge on any atom is 0.269 e. The highest BCUT2D eigenvalue weighted by molar-refractivity contribution is 5.84. The summed E-state index contributed by atoms with van der Waals surface area (Å²) in [5.41, 5.74) is 7.07. The predicted molar refractivity (Wildman–Crippen MR) is 97.9 cm³/mol. The fourth-order valence-corrected chi connectivity index (χ4v) is 2.75. The number of nitrogens with one attached hydrogen (secondary N) is 1. The van der Waals surface area contributed by atoms with E-state index in [1.54, 1.807) is 35.2 Å². The first-order chi connectivity index (χ1) is 12.4. The van der Waals surface area contributed by atoms with E-state index in [0.29, 0.717) is 16.8 Å². The number of aromatic nitrogens is 1. The second kappa shape index (κ2) is 7.06. The van der Waals surface area contributed by atoms with Crippen LogP contribution in [0.15, 0.2) is 59.4 Å². The topological polar surface area (TPSA) is 122 Å². The largest absolute Gasteiger partial charge is 0.368 e. The van der Waals surface area contributed by atoms with Gasteiger partial charge in [0.15, 0.2) is 0 Å². The van der Waals surface area contributed by atoms with Gasteiger partial charge in [0.2, 0.25) is 11.5 Å². The minimum atomic E-state index is -0.530. The minimum Gasteiger partial charge on any atom is -0.368 e. The minimum absolute atomic E-state index is 0.0237. The van der Waals surface area contributed by atoms with Crippen LogP contribution >= 0.6 is 0 Å². The van der Waals surface area contributed by atoms with Crippen molar-refractivity contribution in [1.29, 1.82) is 0 Å². The Morgan fingerprint density at radius 1 is 1.15 bits per heavy atom. The lowest BCUT2D eigenvalue weighted by Crippen LogP contribution is -2.33. The van der Waals surface area contributed by atoms with Crippen LogP contribution in [0.1, 0.15) is 5.56 Å². The van der Waals surface area contributed by atoms with E-state index in [0.717, 1.165) is 5.39 Å². The van der Waals surface area contributed by atoms with Crippen LogP contribution in [0.4, 0.5) is 11.4 Å². The molecule has 0 atom stereocenters. The number of anilines is 1. The third-order valence-electron chi connectivity index (χ3n) is 3.92. The van der Waals surface area contributed by atoms with Crippen molar-refractivity contribution >= 4 is 28.2 Å². The Morgan fingerprint density at radius 3 is 2.65 bits per heavy atom. The number of primary amides is 1. The van der Waals surface area contributed by atoms with E-state index in [4.69, 9.17) is 5.73 Å². The maximum atomic E-state index is 11.5. The van der Waals surface area contributed by atoms with E-state index in [9.17, 15) is 19.7 Å². The molecule has 0 saturated carbocycles. The highest BCUT2D eigenvalue weighted by Crippen LogP contribution is 2.23. The number of benzene rings is 2. The Morgan fingerprint density at radius 2 is 1.92 bits per heavy atom. The van der Waals surface area contributed by atoms with Gasteiger partial charge in [-0.3, -0.25) is 19.7 Å². The van der Waals surface area contributed by atoms with Crippen LogP contribution in [-0.2, 0) is 11.3 Å². The van der Waals surface area contributed by atoms with Crippen molar-refractivity contribution in [2.45, 2.75) is 6.54 Å². The number of hydrogen-bond acceptors (Lipinski definition) is 5. The summed E-state index contributed by atoms with van der Waals surface area (Å²) in [4.78, 5) is 37.9. The molecule has 3 aromatic rings. The molecule has 2 aromatic carbocycles. The third kappa shape index (κ3) is 3.86. The average Bonchev–Trinajstić information content (AvgIpc) is 2.60. The Labute approximate surface area is 148 Å². The molecular formula is C18H16N4O4. The number of nitrogens with two attached hydrogens (primary N) is 1. The van der Waals surface area contributed by atoms with Gasteiger partial charge in [0.25, 0.3) is 5.69 Å². The Bertz CT molecular complexity index is 1040. The number of aromatic amines is 1. The fraction of sp³-hybridized carbons (Fsp3) is 0.111.